The zero-order valence-corrected chi connectivity index (χ0v) is 18.4. The van der Waals surface area contributed by atoms with Gasteiger partial charge in [-0.2, -0.15) is 0 Å². The maximum absolute atomic E-state index is 12.3. The Hall–Kier alpha value is -3.24. The van der Waals surface area contributed by atoms with Crippen LogP contribution in [0.1, 0.15) is 23.7 Å². The highest BCUT2D eigenvalue weighted by molar-refractivity contribution is 7.89. The third-order valence-electron chi connectivity index (χ3n) is 4.38. The van der Waals surface area contributed by atoms with Gasteiger partial charge >= 0.3 is 0 Å². The molecule has 2 aromatic carbocycles. The van der Waals surface area contributed by atoms with Crippen molar-refractivity contribution in [1.82, 2.24) is 9.62 Å². The van der Waals surface area contributed by atoms with E-state index in [0.29, 0.717) is 17.0 Å². The van der Waals surface area contributed by atoms with Gasteiger partial charge in [-0.1, -0.05) is 12.1 Å². The fourth-order valence-corrected chi connectivity index (χ4v) is 3.65. The Bertz CT molecular complexity index is 1030. The molecule has 2 rings (SSSR count). The van der Waals surface area contributed by atoms with E-state index in [1.54, 1.807) is 31.4 Å². The summed E-state index contributed by atoms with van der Waals surface area (Å²) in [5.41, 5.74) is 0.971. The SMILES string of the molecule is COc1ccc(NC(=O)CN(C)C(=O)CCNS(=O)(=O)c2ccc(C(C)=O)cc2)cc1. The first-order valence-corrected chi connectivity index (χ1v) is 10.9. The number of amides is 2. The van der Waals surface area contributed by atoms with E-state index in [2.05, 4.69) is 10.0 Å². The summed E-state index contributed by atoms with van der Waals surface area (Å²) in [7, 11) is -0.812. The van der Waals surface area contributed by atoms with E-state index in [4.69, 9.17) is 4.74 Å². The number of hydrogen-bond acceptors (Lipinski definition) is 6. The predicted octanol–water partition coefficient (Wildman–Crippen LogP) is 1.66. The summed E-state index contributed by atoms with van der Waals surface area (Å²) in [6.45, 7) is 1.09. The fourth-order valence-electron chi connectivity index (χ4n) is 2.61. The standard InChI is InChI=1S/C21H25N3O6S/c1-15(25)16-4-10-19(11-5-16)31(28,29)22-13-12-21(27)24(2)14-20(26)23-17-6-8-18(30-3)9-7-17/h4-11,22H,12-14H2,1-3H3,(H,23,26). The van der Waals surface area contributed by atoms with E-state index < -0.39 is 10.0 Å². The Kier molecular flexibility index (Phi) is 8.29. The summed E-state index contributed by atoms with van der Waals surface area (Å²) in [5, 5.41) is 2.67. The summed E-state index contributed by atoms with van der Waals surface area (Å²) in [4.78, 5) is 36.8. The molecular formula is C21H25N3O6S. The third kappa shape index (κ3) is 7.19. The number of hydrogen-bond donors (Lipinski definition) is 2. The molecule has 2 amide bonds. The van der Waals surface area contributed by atoms with E-state index >= 15 is 0 Å². The Morgan fingerprint density at radius 3 is 2.16 bits per heavy atom. The number of ether oxygens (including phenoxy) is 1. The van der Waals surface area contributed by atoms with Crippen LogP contribution in [0, 0.1) is 0 Å². The fraction of sp³-hybridized carbons (Fsp3) is 0.286. The Morgan fingerprint density at radius 2 is 1.61 bits per heavy atom. The molecule has 2 aromatic rings. The van der Waals surface area contributed by atoms with Crippen LogP contribution >= 0.6 is 0 Å². The van der Waals surface area contributed by atoms with Crippen molar-refractivity contribution >= 4 is 33.3 Å². The Balaban J connectivity index is 1.81. The highest BCUT2D eigenvalue weighted by Gasteiger charge is 2.17. The minimum atomic E-state index is -3.82. The smallest absolute Gasteiger partial charge is 0.243 e. The number of carbonyl (C=O) groups excluding carboxylic acids is 3. The van der Waals surface area contributed by atoms with Crippen molar-refractivity contribution in [2.75, 3.05) is 32.6 Å². The molecule has 2 N–H and O–H groups in total. The molecule has 0 atom stereocenters. The zero-order valence-electron chi connectivity index (χ0n) is 17.5. The van der Waals surface area contributed by atoms with Gasteiger partial charge in [0.2, 0.25) is 21.8 Å². The minimum Gasteiger partial charge on any atom is -0.497 e. The average molecular weight is 448 g/mol. The van der Waals surface area contributed by atoms with Gasteiger partial charge in [-0.05, 0) is 43.3 Å². The number of anilines is 1. The normalized spacial score (nSPS) is 10.9. The number of methoxy groups -OCH3 is 1. The van der Waals surface area contributed by atoms with Crippen molar-refractivity contribution in [1.29, 1.82) is 0 Å². The lowest BCUT2D eigenvalue weighted by Gasteiger charge is -2.17. The molecule has 0 aliphatic rings. The van der Waals surface area contributed by atoms with Gasteiger partial charge in [0.25, 0.3) is 0 Å². The maximum atomic E-state index is 12.3. The summed E-state index contributed by atoms with van der Waals surface area (Å²) < 4.78 is 32.0. The summed E-state index contributed by atoms with van der Waals surface area (Å²) >= 11 is 0. The number of benzene rings is 2. The second-order valence-corrected chi connectivity index (χ2v) is 8.52. The van der Waals surface area contributed by atoms with Gasteiger partial charge in [0.05, 0.1) is 18.6 Å². The number of sulfonamides is 1. The lowest BCUT2D eigenvalue weighted by Crippen LogP contribution is -2.37. The summed E-state index contributed by atoms with van der Waals surface area (Å²) in [6, 6.07) is 12.3. The van der Waals surface area contributed by atoms with Crippen LogP contribution in [-0.2, 0) is 19.6 Å². The van der Waals surface area contributed by atoms with Crippen molar-refractivity contribution in [3.63, 3.8) is 0 Å². The lowest BCUT2D eigenvalue weighted by atomic mass is 10.2. The van der Waals surface area contributed by atoms with Crippen LogP contribution in [0.25, 0.3) is 0 Å². The number of rotatable bonds is 10. The third-order valence-corrected chi connectivity index (χ3v) is 5.86. The summed E-state index contributed by atoms with van der Waals surface area (Å²) in [6.07, 6.45) is -0.114. The first kappa shape index (κ1) is 24.0. The number of ketones is 1. The molecule has 0 fully saturated rings. The minimum absolute atomic E-state index is 0.00262. The van der Waals surface area contributed by atoms with Gasteiger partial charge in [0.1, 0.15) is 5.75 Å². The molecule has 0 saturated heterocycles. The first-order chi connectivity index (χ1) is 14.6. The number of nitrogens with one attached hydrogen (secondary N) is 2. The number of likely N-dealkylation sites (N-methyl/N-ethyl adjacent to an activating group) is 1. The molecule has 0 saturated carbocycles. The molecule has 0 bridgehead atoms. The van der Waals surface area contributed by atoms with Crippen molar-refractivity contribution in [3.8, 4) is 5.75 Å². The van der Waals surface area contributed by atoms with Gasteiger partial charge in [-0.3, -0.25) is 14.4 Å². The molecule has 9 nitrogen and oxygen atoms in total. The van der Waals surface area contributed by atoms with Crippen molar-refractivity contribution < 1.29 is 27.5 Å². The molecule has 31 heavy (non-hydrogen) atoms. The molecule has 0 aliphatic heterocycles. The monoisotopic (exact) mass is 447 g/mol. The van der Waals surface area contributed by atoms with Gasteiger partial charge in [0, 0.05) is 31.3 Å². The van der Waals surface area contributed by atoms with Crippen LogP contribution in [-0.4, -0.2) is 58.2 Å². The van der Waals surface area contributed by atoms with Crippen LogP contribution in [0.5, 0.6) is 5.75 Å². The maximum Gasteiger partial charge on any atom is 0.243 e. The highest BCUT2D eigenvalue weighted by atomic mass is 32.2. The van der Waals surface area contributed by atoms with Gasteiger partial charge < -0.3 is 15.0 Å². The molecule has 0 aliphatic carbocycles. The van der Waals surface area contributed by atoms with Crippen LogP contribution in [0.2, 0.25) is 0 Å². The Labute approximate surface area is 181 Å². The molecule has 0 spiro atoms. The van der Waals surface area contributed by atoms with E-state index in [1.807, 2.05) is 0 Å². The van der Waals surface area contributed by atoms with Crippen molar-refractivity contribution in [2.24, 2.45) is 0 Å². The molecule has 0 radical (unpaired) electrons. The topological polar surface area (TPSA) is 122 Å². The van der Waals surface area contributed by atoms with E-state index in [9.17, 15) is 22.8 Å². The van der Waals surface area contributed by atoms with Crippen LogP contribution in [0.4, 0.5) is 5.69 Å². The zero-order chi connectivity index (χ0) is 23.0. The highest BCUT2D eigenvalue weighted by Crippen LogP contribution is 2.15. The van der Waals surface area contributed by atoms with Gasteiger partial charge in [0.15, 0.2) is 5.78 Å². The van der Waals surface area contributed by atoms with Crippen molar-refractivity contribution in [3.05, 3.63) is 54.1 Å². The summed E-state index contributed by atoms with van der Waals surface area (Å²) in [5.74, 6) is -0.282. The second-order valence-electron chi connectivity index (χ2n) is 6.75. The molecule has 0 unspecified atom stereocenters. The van der Waals surface area contributed by atoms with Crippen molar-refractivity contribution in [2.45, 2.75) is 18.2 Å². The number of Topliss-reactive ketones (excluding diaryl/α,β-unsaturated/α-hetero) is 1. The Morgan fingerprint density at radius 1 is 1.00 bits per heavy atom. The van der Waals surface area contributed by atoms with Gasteiger partial charge in [-0.25, -0.2) is 13.1 Å². The van der Waals surface area contributed by atoms with E-state index in [-0.39, 0.29) is 42.0 Å². The number of carbonyl (C=O) groups is 3. The quantitative estimate of drug-likeness (QED) is 0.534. The average Bonchev–Trinajstić information content (AvgIpc) is 2.74. The lowest BCUT2D eigenvalue weighted by molar-refractivity contribution is -0.133. The molecule has 10 heteroatoms. The van der Waals surface area contributed by atoms with Crippen LogP contribution in [0.15, 0.2) is 53.4 Å². The van der Waals surface area contributed by atoms with Crippen LogP contribution < -0.4 is 14.8 Å². The molecule has 0 aromatic heterocycles. The van der Waals surface area contributed by atoms with Crippen LogP contribution in [0.3, 0.4) is 0 Å². The second kappa shape index (κ2) is 10.7. The van der Waals surface area contributed by atoms with Gasteiger partial charge in [-0.15, -0.1) is 0 Å². The molecule has 166 valence electrons. The first-order valence-electron chi connectivity index (χ1n) is 9.41. The molecule has 0 heterocycles. The number of nitrogens with zero attached hydrogens (tertiary/aromatic N) is 1. The predicted molar refractivity (Wildman–Crippen MR) is 116 cm³/mol. The van der Waals surface area contributed by atoms with E-state index in [0.717, 1.165) is 0 Å². The van der Waals surface area contributed by atoms with E-state index in [1.165, 1.54) is 43.1 Å². The molecular weight excluding hydrogens is 422 g/mol. The largest absolute Gasteiger partial charge is 0.497 e.